The molecular weight excluding hydrogens is 335 g/mol. The summed E-state index contributed by atoms with van der Waals surface area (Å²) in [5, 5.41) is 0. The van der Waals surface area contributed by atoms with Gasteiger partial charge in [-0.1, -0.05) is 54.6 Å². The van der Waals surface area contributed by atoms with Crippen LogP contribution in [0.2, 0.25) is 0 Å². The Morgan fingerprint density at radius 1 is 0.722 bits per heavy atom. The summed E-state index contributed by atoms with van der Waals surface area (Å²) in [6.45, 7) is 0.815. The first-order chi connectivity index (χ1) is 8.43. The Labute approximate surface area is 125 Å². The van der Waals surface area contributed by atoms with Crippen LogP contribution in [0.25, 0.3) is 16.9 Å². The zero-order valence-electron chi connectivity index (χ0n) is 10.0. The van der Waals surface area contributed by atoms with Crippen molar-refractivity contribution >= 4 is 29.7 Å². The number of hydrogen-bond acceptors (Lipinski definition) is 1. The fourth-order valence-electron chi connectivity index (χ4n) is 2.08. The monoisotopic (exact) mass is 350 g/mol. The van der Waals surface area contributed by atoms with Gasteiger partial charge < -0.3 is 4.74 Å². The lowest BCUT2D eigenvalue weighted by Gasteiger charge is -2.05. The van der Waals surface area contributed by atoms with Crippen molar-refractivity contribution in [2.24, 2.45) is 0 Å². The van der Waals surface area contributed by atoms with Crippen LogP contribution in [0, 0.1) is 0 Å². The second kappa shape index (κ2) is 6.05. The van der Waals surface area contributed by atoms with Crippen molar-refractivity contribution in [2.45, 2.75) is 6.42 Å². The summed E-state index contributed by atoms with van der Waals surface area (Å²) in [6.07, 6.45) is 3.17. The van der Waals surface area contributed by atoms with E-state index in [2.05, 4.69) is 54.6 Å². The molecule has 0 radical (unpaired) electrons. The van der Waals surface area contributed by atoms with Crippen molar-refractivity contribution in [1.82, 2.24) is 0 Å². The van der Waals surface area contributed by atoms with Gasteiger partial charge in [0.2, 0.25) is 0 Å². The molecule has 0 bridgehead atoms. The van der Waals surface area contributed by atoms with Crippen LogP contribution >= 0.6 is 24.0 Å². The normalized spacial score (nSPS) is 13.4. The average Bonchev–Trinajstić information content (AvgIpc) is 2.94. The number of benzene rings is 2. The van der Waals surface area contributed by atoms with Gasteiger partial charge in [0.25, 0.3) is 0 Å². The maximum Gasteiger partial charge on any atom is 0.122 e. The van der Waals surface area contributed by atoms with Gasteiger partial charge in [-0.15, -0.1) is 24.0 Å². The molecule has 0 aromatic heterocycles. The van der Waals surface area contributed by atoms with Crippen LogP contribution in [0.15, 0.2) is 60.7 Å². The standard InChI is InChI=1S/C16H14O.HI/c1-2-5-13(6-3-1)14-8-10-15(11-9-14)16-7-4-12-17-16;/h1-3,5-11H,4,12H2;1H. The second-order valence-corrected chi connectivity index (χ2v) is 4.15. The summed E-state index contributed by atoms with van der Waals surface area (Å²) >= 11 is 0. The number of halogens is 1. The summed E-state index contributed by atoms with van der Waals surface area (Å²) in [5.41, 5.74) is 3.66. The Morgan fingerprint density at radius 3 is 1.94 bits per heavy atom. The molecule has 92 valence electrons. The first kappa shape index (κ1) is 13.1. The highest BCUT2D eigenvalue weighted by molar-refractivity contribution is 14.0. The molecule has 2 heteroatoms. The SMILES string of the molecule is C1=C(c2ccc(-c3ccccc3)cc2)OCC1.I. The molecule has 0 unspecified atom stereocenters. The van der Waals surface area contributed by atoms with Crippen molar-refractivity contribution < 1.29 is 4.74 Å². The van der Waals surface area contributed by atoms with Gasteiger partial charge in [0, 0.05) is 12.0 Å². The fraction of sp³-hybridized carbons (Fsp3) is 0.125. The van der Waals surface area contributed by atoms with E-state index in [0.29, 0.717) is 0 Å². The molecule has 2 aromatic rings. The molecule has 0 N–H and O–H groups in total. The minimum absolute atomic E-state index is 0. The third-order valence-corrected chi connectivity index (χ3v) is 2.98. The van der Waals surface area contributed by atoms with Crippen LogP contribution < -0.4 is 0 Å². The first-order valence-electron chi connectivity index (χ1n) is 5.92. The van der Waals surface area contributed by atoms with Gasteiger partial charge in [0.1, 0.15) is 5.76 Å². The van der Waals surface area contributed by atoms with Gasteiger partial charge >= 0.3 is 0 Å². The van der Waals surface area contributed by atoms with Gasteiger partial charge in [-0.05, 0) is 17.2 Å². The third-order valence-electron chi connectivity index (χ3n) is 2.98. The van der Waals surface area contributed by atoms with Crippen LogP contribution in [0.4, 0.5) is 0 Å². The van der Waals surface area contributed by atoms with E-state index in [1.807, 2.05) is 6.07 Å². The molecule has 0 fully saturated rings. The highest BCUT2D eigenvalue weighted by Crippen LogP contribution is 2.25. The van der Waals surface area contributed by atoms with Gasteiger partial charge in [0.05, 0.1) is 6.61 Å². The number of ether oxygens (including phenoxy) is 1. The zero-order chi connectivity index (χ0) is 11.5. The molecule has 3 rings (SSSR count). The minimum atomic E-state index is 0. The van der Waals surface area contributed by atoms with Crippen LogP contribution in [-0.4, -0.2) is 6.61 Å². The molecule has 1 nitrogen and oxygen atoms in total. The molecule has 0 amide bonds. The van der Waals surface area contributed by atoms with Crippen LogP contribution in [0.3, 0.4) is 0 Å². The minimum Gasteiger partial charge on any atom is -0.493 e. The molecule has 18 heavy (non-hydrogen) atoms. The van der Waals surface area contributed by atoms with Gasteiger partial charge in [-0.25, -0.2) is 0 Å². The van der Waals surface area contributed by atoms with Crippen LogP contribution in [0.5, 0.6) is 0 Å². The van der Waals surface area contributed by atoms with E-state index in [4.69, 9.17) is 4.74 Å². The van der Waals surface area contributed by atoms with Crippen molar-refractivity contribution in [3.63, 3.8) is 0 Å². The quantitative estimate of drug-likeness (QED) is 0.712. The summed E-state index contributed by atoms with van der Waals surface area (Å²) in [5.74, 6) is 1.02. The summed E-state index contributed by atoms with van der Waals surface area (Å²) in [7, 11) is 0. The van der Waals surface area contributed by atoms with Crippen LogP contribution in [0.1, 0.15) is 12.0 Å². The summed E-state index contributed by atoms with van der Waals surface area (Å²) < 4.78 is 5.55. The molecule has 2 aromatic carbocycles. The first-order valence-corrected chi connectivity index (χ1v) is 5.92. The molecule has 1 heterocycles. The van der Waals surface area contributed by atoms with Crippen molar-refractivity contribution in [1.29, 1.82) is 0 Å². The molecule has 1 aliphatic heterocycles. The highest BCUT2D eigenvalue weighted by atomic mass is 127. The number of rotatable bonds is 2. The van der Waals surface area contributed by atoms with Gasteiger partial charge in [-0.3, -0.25) is 0 Å². The van der Waals surface area contributed by atoms with E-state index in [1.54, 1.807) is 0 Å². The predicted molar refractivity (Wildman–Crippen MR) is 85.8 cm³/mol. The van der Waals surface area contributed by atoms with E-state index >= 15 is 0 Å². The lowest BCUT2D eigenvalue weighted by atomic mass is 10.0. The van der Waals surface area contributed by atoms with Crippen molar-refractivity contribution in [3.05, 3.63) is 66.2 Å². The maximum absolute atomic E-state index is 5.55. The summed E-state index contributed by atoms with van der Waals surface area (Å²) in [6, 6.07) is 19.0. The topological polar surface area (TPSA) is 9.23 Å². The third kappa shape index (κ3) is 2.75. The van der Waals surface area contributed by atoms with E-state index in [1.165, 1.54) is 16.7 Å². The smallest absolute Gasteiger partial charge is 0.122 e. The predicted octanol–water partition coefficient (Wildman–Crippen LogP) is 4.73. The number of hydrogen-bond donors (Lipinski definition) is 0. The lowest BCUT2D eigenvalue weighted by Crippen LogP contribution is -1.86. The largest absolute Gasteiger partial charge is 0.493 e. The Morgan fingerprint density at radius 2 is 1.33 bits per heavy atom. The van der Waals surface area contributed by atoms with Crippen molar-refractivity contribution in [3.8, 4) is 11.1 Å². The molecular formula is C16H15IO. The van der Waals surface area contributed by atoms with Gasteiger partial charge in [0.15, 0.2) is 0 Å². The molecule has 0 saturated carbocycles. The Balaban J connectivity index is 0.00000120. The van der Waals surface area contributed by atoms with E-state index in [9.17, 15) is 0 Å². The maximum atomic E-state index is 5.55. The molecule has 0 atom stereocenters. The van der Waals surface area contributed by atoms with Gasteiger partial charge in [-0.2, -0.15) is 0 Å². The lowest BCUT2D eigenvalue weighted by molar-refractivity contribution is 0.307. The Bertz CT molecular complexity index is 529. The molecule has 0 spiro atoms. The molecule has 0 saturated heterocycles. The Hall–Kier alpha value is -1.29. The second-order valence-electron chi connectivity index (χ2n) is 4.15. The highest BCUT2D eigenvalue weighted by Gasteiger charge is 2.07. The molecule has 1 aliphatic rings. The summed E-state index contributed by atoms with van der Waals surface area (Å²) in [4.78, 5) is 0. The Kier molecular flexibility index (Phi) is 4.42. The van der Waals surface area contributed by atoms with Crippen LogP contribution in [-0.2, 0) is 4.74 Å². The van der Waals surface area contributed by atoms with Crippen molar-refractivity contribution in [2.75, 3.05) is 6.61 Å². The zero-order valence-corrected chi connectivity index (χ0v) is 12.3. The van der Waals surface area contributed by atoms with E-state index < -0.39 is 0 Å². The fourth-order valence-corrected chi connectivity index (χ4v) is 2.08. The molecule has 0 aliphatic carbocycles. The average molecular weight is 350 g/mol. The van der Waals surface area contributed by atoms with E-state index in [-0.39, 0.29) is 24.0 Å². The van der Waals surface area contributed by atoms with E-state index in [0.717, 1.165) is 18.8 Å².